The zero-order valence-corrected chi connectivity index (χ0v) is 14.7. The van der Waals surface area contributed by atoms with Crippen LogP contribution < -0.4 is 0 Å². The summed E-state index contributed by atoms with van der Waals surface area (Å²) in [4.78, 5) is 2.67. The van der Waals surface area contributed by atoms with Crippen LogP contribution in [0.1, 0.15) is 30.4 Å². The molecule has 3 rings (SSSR count). The Labute approximate surface area is 141 Å². The molecule has 0 unspecified atom stereocenters. The summed E-state index contributed by atoms with van der Waals surface area (Å²) in [6, 6.07) is 8.94. The van der Waals surface area contributed by atoms with Gasteiger partial charge in [-0.1, -0.05) is 29.8 Å². The molecule has 2 saturated heterocycles. The van der Waals surface area contributed by atoms with Gasteiger partial charge in [-0.2, -0.15) is 0 Å². The van der Waals surface area contributed by atoms with Crippen molar-refractivity contribution in [2.75, 3.05) is 40.0 Å². The van der Waals surface area contributed by atoms with Gasteiger partial charge in [-0.05, 0) is 44.1 Å². The van der Waals surface area contributed by atoms with Gasteiger partial charge in [0.05, 0.1) is 6.10 Å². The van der Waals surface area contributed by atoms with Gasteiger partial charge < -0.3 is 14.4 Å². The highest BCUT2D eigenvalue weighted by Crippen LogP contribution is 2.26. The van der Waals surface area contributed by atoms with E-state index in [0.29, 0.717) is 12.0 Å². The fourth-order valence-electron chi connectivity index (χ4n) is 4.19. The molecule has 1 aromatic carbocycles. The van der Waals surface area contributed by atoms with Crippen LogP contribution in [0.2, 0.25) is 0 Å². The van der Waals surface area contributed by atoms with Gasteiger partial charge in [0.2, 0.25) is 0 Å². The lowest BCUT2D eigenvalue weighted by atomic mass is 9.87. The van der Waals surface area contributed by atoms with Crippen LogP contribution in [0.5, 0.6) is 0 Å². The Morgan fingerprint density at radius 1 is 1.22 bits per heavy atom. The minimum atomic E-state index is 0.404. The highest BCUT2D eigenvalue weighted by Gasteiger charge is 2.30. The third kappa shape index (κ3) is 4.79. The second-order valence-electron chi connectivity index (χ2n) is 7.33. The summed E-state index contributed by atoms with van der Waals surface area (Å²) in [7, 11) is 1.88. The van der Waals surface area contributed by atoms with Crippen LogP contribution in [0.15, 0.2) is 24.3 Å². The first-order valence-corrected chi connectivity index (χ1v) is 9.13. The minimum absolute atomic E-state index is 0.404. The molecule has 0 spiro atoms. The van der Waals surface area contributed by atoms with E-state index >= 15 is 0 Å². The molecule has 0 saturated carbocycles. The van der Waals surface area contributed by atoms with Gasteiger partial charge in [0, 0.05) is 45.9 Å². The van der Waals surface area contributed by atoms with Gasteiger partial charge in [-0.3, -0.25) is 0 Å². The van der Waals surface area contributed by atoms with Crippen molar-refractivity contribution in [2.24, 2.45) is 11.8 Å². The molecule has 2 heterocycles. The molecule has 3 heteroatoms. The SMILES string of the molecule is CO[C@@H]1CCN(CC2CCOCC2)C[C@H]1Cc1cccc(C)c1. The fraction of sp³-hybridized carbons (Fsp3) is 0.700. The van der Waals surface area contributed by atoms with Crippen molar-refractivity contribution in [3.63, 3.8) is 0 Å². The monoisotopic (exact) mass is 317 g/mol. The second kappa shape index (κ2) is 8.27. The fourth-order valence-corrected chi connectivity index (χ4v) is 4.19. The van der Waals surface area contributed by atoms with Crippen LogP contribution in [0.25, 0.3) is 0 Å². The van der Waals surface area contributed by atoms with Crippen molar-refractivity contribution in [3.05, 3.63) is 35.4 Å². The third-order valence-corrected chi connectivity index (χ3v) is 5.49. The molecular weight excluding hydrogens is 286 g/mol. The van der Waals surface area contributed by atoms with Crippen molar-refractivity contribution in [1.82, 2.24) is 4.90 Å². The van der Waals surface area contributed by atoms with E-state index in [1.807, 2.05) is 7.11 Å². The topological polar surface area (TPSA) is 21.7 Å². The minimum Gasteiger partial charge on any atom is -0.381 e. The largest absolute Gasteiger partial charge is 0.381 e. The number of ether oxygens (including phenoxy) is 2. The number of nitrogens with zero attached hydrogens (tertiary/aromatic N) is 1. The van der Waals surface area contributed by atoms with Gasteiger partial charge in [0.15, 0.2) is 0 Å². The van der Waals surface area contributed by atoms with E-state index in [4.69, 9.17) is 9.47 Å². The van der Waals surface area contributed by atoms with Crippen molar-refractivity contribution in [3.8, 4) is 0 Å². The van der Waals surface area contributed by atoms with Gasteiger partial charge in [0.1, 0.15) is 0 Å². The maximum atomic E-state index is 5.80. The van der Waals surface area contributed by atoms with Crippen molar-refractivity contribution in [2.45, 2.75) is 38.7 Å². The molecule has 0 bridgehead atoms. The zero-order chi connectivity index (χ0) is 16.1. The Bertz CT molecular complexity index is 484. The molecule has 2 fully saturated rings. The molecule has 2 atom stereocenters. The number of methoxy groups -OCH3 is 1. The number of benzene rings is 1. The van der Waals surface area contributed by atoms with Gasteiger partial charge in [-0.15, -0.1) is 0 Å². The summed E-state index contributed by atoms with van der Waals surface area (Å²) in [6.45, 7) is 7.67. The average Bonchev–Trinajstić information content (AvgIpc) is 2.56. The second-order valence-corrected chi connectivity index (χ2v) is 7.33. The molecule has 0 aromatic heterocycles. The average molecular weight is 317 g/mol. The molecule has 3 nitrogen and oxygen atoms in total. The van der Waals surface area contributed by atoms with Crippen LogP contribution in [0, 0.1) is 18.8 Å². The summed E-state index contributed by atoms with van der Waals surface area (Å²) in [5.74, 6) is 1.43. The predicted octanol–water partition coefficient (Wildman–Crippen LogP) is 3.30. The Hall–Kier alpha value is -0.900. The summed E-state index contributed by atoms with van der Waals surface area (Å²) in [5, 5.41) is 0. The molecule has 0 N–H and O–H groups in total. The first kappa shape index (κ1) is 16.9. The van der Waals surface area contributed by atoms with Gasteiger partial charge in [0.25, 0.3) is 0 Å². The van der Waals surface area contributed by atoms with Crippen LogP contribution in [-0.2, 0) is 15.9 Å². The van der Waals surface area contributed by atoms with Crippen molar-refractivity contribution in [1.29, 1.82) is 0 Å². The molecular formula is C20H31NO2. The number of hydrogen-bond acceptors (Lipinski definition) is 3. The van der Waals surface area contributed by atoms with Crippen LogP contribution in [-0.4, -0.2) is 51.0 Å². The first-order chi connectivity index (χ1) is 11.2. The van der Waals surface area contributed by atoms with Crippen LogP contribution in [0.4, 0.5) is 0 Å². The van der Waals surface area contributed by atoms with Gasteiger partial charge in [-0.25, -0.2) is 0 Å². The van der Waals surface area contributed by atoms with E-state index in [0.717, 1.165) is 32.0 Å². The van der Waals surface area contributed by atoms with Gasteiger partial charge >= 0.3 is 0 Å². The van der Waals surface area contributed by atoms with Crippen LogP contribution >= 0.6 is 0 Å². The molecule has 0 aliphatic carbocycles. The lowest BCUT2D eigenvalue weighted by Gasteiger charge is -2.40. The molecule has 2 aliphatic rings. The summed E-state index contributed by atoms with van der Waals surface area (Å²) in [6.07, 6.45) is 5.15. The van der Waals surface area contributed by atoms with Crippen molar-refractivity contribution >= 4 is 0 Å². The smallest absolute Gasteiger partial charge is 0.0627 e. The standard InChI is InChI=1S/C20H31NO2/c1-16-4-3-5-18(12-16)13-19-15-21(9-6-20(19)22-2)14-17-7-10-23-11-8-17/h3-5,12,17,19-20H,6-11,13-15H2,1-2H3/t19-,20-/m1/s1. The quantitative estimate of drug-likeness (QED) is 0.832. The molecule has 1 aromatic rings. The maximum absolute atomic E-state index is 5.80. The Morgan fingerprint density at radius 2 is 2.04 bits per heavy atom. The van der Waals surface area contributed by atoms with E-state index in [1.165, 1.54) is 43.6 Å². The summed E-state index contributed by atoms with van der Waals surface area (Å²) >= 11 is 0. The zero-order valence-electron chi connectivity index (χ0n) is 14.7. The Kier molecular flexibility index (Phi) is 6.09. The highest BCUT2D eigenvalue weighted by atomic mass is 16.5. The lowest BCUT2D eigenvalue weighted by Crippen LogP contribution is -2.46. The predicted molar refractivity (Wildman–Crippen MR) is 93.8 cm³/mol. The Balaban J connectivity index is 1.59. The number of likely N-dealkylation sites (tertiary alicyclic amines) is 1. The molecule has 0 amide bonds. The third-order valence-electron chi connectivity index (χ3n) is 5.49. The van der Waals surface area contributed by atoms with E-state index in [9.17, 15) is 0 Å². The highest BCUT2D eigenvalue weighted by molar-refractivity contribution is 5.23. The maximum Gasteiger partial charge on any atom is 0.0627 e. The van der Waals surface area contributed by atoms with E-state index in [2.05, 4.69) is 36.1 Å². The molecule has 23 heavy (non-hydrogen) atoms. The normalized spacial score (nSPS) is 27.2. The van der Waals surface area contributed by atoms with E-state index in [-0.39, 0.29) is 0 Å². The number of rotatable bonds is 5. The van der Waals surface area contributed by atoms with Crippen molar-refractivity contribution < 1.29 is 9.47 Å². The molecule has 128 valence electrons. The number of aryl methyl sites for hydroxylation is 1. The number of hydrogen-bond donors (Lipinski definition) is 0. The summed E-state index contributed by atoms with van der Waals surface area (Å²) < 4.78 is 11.3. The van der Waals surface area contributed by atoms with E-state index < -0.39 is 0 Å². The lowest BCUT2D eigenvalue weighted by molar-refractivity contribution is -0.0175. The summed E-state index contributed by atoms with van der Waals surface area (Å²) in [5.41, 5.74) is 2.80. The van der Waals surface area contributed by atoms with E-state index in [1.54, 1.807) is 0 Å². The van der Waals surface area contributed by atoms with Crippen LogP contribution in [0.3, 0.4) is 0 Å². The molecule has 0 radical (unpaired) electrons. The Morgan fingerprint density at radius 3 is 2.78 bits per heavy atom. The number of piperidine rings is 1. The first-order valence-electron chi connectivity index (χ1n) is 9.13. The molecule has 2 aliphatic heterocycles.